The largest absolute Gasteiger partial charge is 0.481 e. The fraction of sp³-hybridized carbons (Fsp3) is 0.267. The van der Waals surface area contributed by atoms with Crippen molar-refractivity contribution in [3.63, 3.8) is 0 Å². The standard InChI is InChI=1S/C15H16BrN3O4/c1-19-14(16)11(8-17-19)12(7-13(20)21)18-15(22)23-9-10-5-3-2-4-6-10/h2-6,8,12H,7,9H2,1H3,(H,18,22)(H,20,21)/t12-/m0/s1. The van der Waals surface area contributed by atoms with E-state index in [1.165, 1.54) is 6.20 Å². The van der Waals surface area contributed by atoms with E-state index in [1.54, 1.807) is 11.7 Å². The average Bonchev–Trinajstić information content (AvgIpc) is 2.85. The van der Waals surface area contributed by atoms with Crippen LogP contribution in [0.5, 0.6) is 0 Å². The number of halogens is 1. The fourth-order valence-corrected chi connectivity index (χ4v) is 2.46. The normalized spacial score (nSPS) is 11.7. The maximum absolute atomic E-state index is 11.9. The summed E-state index contributed by atoms with van der Waals surface area (Å²) in [7, 11) is 1.71. The van der Waals surface area contributed by atoms with Gasteiger partial charge >= 0.3 is 12.1 Å². The number of carboxylic acids is 1. The molecule has 1 aromatic carbocycles. The quantitative estimate of drug-likeness (QED) is 0.801. The third kappa shape index (κ3) is 4.82. The highest BCUT2D eigenvalue weighted by Gasteiger charge is 2.23. The van der Waals surface area contributed by atoms with Gasteiger partial charge in [-0.2, -0.15) is 5.10 Å². The van der Waals surface area contributed by atoms with Gasteiger partial charge in [0.2, 0.25) is 0 Å². The van der Waals surface area contributed by atoms with Crippen LogP contribution in [0.3, 0.4) is 0 Å². The van der Waals surface area contributed by atoms with E-state index in [0.29, 0.717) is 10.2 Å². The molecule has 1 aromatic heterocycles. The lowest BCUT2D eigenvalue weighted by atomic mass is 10.1. The monoisotopic (exact) mass is 381 g/mol. The Labute approximate surface area is 141 Å². The summed E-state index contributed by atoms with van der Waals surface area (Å²) in [6, 6.07) is 8.48. The maximum Gasteiger partial charge on any atom is 0.407 e. The van der Waals surface area contributed by atoms with Crippen molar-refractivity contribution in [3.05, 3.63) is 52.3 Å². The van der Waals surface area contributed by atoms with Crippen LogP contribution in [0.25, 0.3) is 0 Å². The van der Waals surface area contributed by atoms with Gasteiger partial charge in [0.1, 0.15) is 11.2 Å². The zero-order valence-corrected chi connectivity index (χ0v) is 14.0. The molecule has 2 rings (SSSR count). The minimum Gasteiger partial charge on any atom is -0.481 e. The van der Waals surface area contributed by atoms with E-state index < -0.39 is 18.1 Å². The number of aliphatic carboxylic acids is 1. The Morgan fingerprint density at radius 1 is 1.39 bits per heavy atom. The molecule has 0 aliphatic heterocycles. The minimum absolute atomic E-state index is 0.112. The molecule has 8 heteroatoms. The van der Waals surface area contributed by atoms with E-state index in [1.807, 2.05) is 30.3 Å². The topological polar surface area (TPSA) is 93.5 Å². The van der Waals surface area contributed by atoms with Crippen LogP contribution in [0.15, 0.2) is 41.1 Å². The van der Waals surface area contributed by atoms with Gasteiger partial charge in [-0.3, -0.25) is 9.48 Å². The lowest BCUT2D eigenvalue weighted by molar-refractivity contribution is -0.137. The third-order valence-electron chi connectivity index (χ3n) is 3.15. The molecule has 1 heterocycles. The Kier molecular flexibility index (Phi) is 5.75. The summed E-state index contributed by atoms with van der Waals surface area (Å²) in [4.78, 5) is 23.0. The number of nitrogens with zero attached hydrogens (tertiary/aromatic N) is 2. The number of rotatable bonds is 6. The number of nitrogens with one attached hydrogen (secondary N) is 1. The highest BCUT2D eigenvalue weighted by molar-refractivity contribution is 9.10. The summed E-state index contributed by atoms with van der Waals surface area (Å²) in [6.45, 7) is 0.112. The van der Waals surface area contributed by atoms with Crippen molar-refractivity contribution >= 4 is 28.0 Å². The summed E-state index contributed by atoms with van der Waals surface area (Å²) >= 11 is 3.32. The molecule has 7 nitrogen and oxygen atoms in total. The summed E-state index contributed by atoms with van der Waals surface area (Å²) < 4.78 is 7.27. The molecule has 0 aliphatic rings. The number of carbonyl (C=O) groups is 2. The van der Waals surface area contributed by atoms with Gasteiger partial charge in [0.25, 0.3) is 0 Å². The molecular weight excluding hydrogens is 366 g/mol. The van der Waals surface area contributed by atoms with E-state index in [4.69, 9.17) is 9.84 Å². The number of benzene rings is 1. The maximum atomic E-state index is 11.9. The van der Waals surface area contributed by atoms with Crippen LogP contribution in [0, 0.1) is 0 Å². The van der Waals surface area contributed by atoms with E-state index in [0.717, 1.165) is 5.56 Å². The third-order valence-corrected chi connectivity index (χ3v) is 4.12. The number of amides is 1. The van der Waals surface area contributed by atoms with Gasteiger partial charge in [0.15, 0.2) is 0 Å². The molecule has 0 saturated heterocycles. The molecule has 2 aromatic rings. The van der Waals surface area contributed by atoms with Crippen LogP contribution in [0.1, 0.15) is 23.6 Å². The molecule has 0 radical (unpaired) electrons. The Morgan fingerprint density at radius 3 is 2.65 bits per heavy atom. The first kappa shape index (κ1) is 17.0. The van der Waals surface area contributed by atoms with Gasteiger partial charge in [0, 0.05) is 12.6 Å². The molecule has 0 bridgehead atoms. The van der Waals surface area contributed by atoms with Crippen molar-refractivity contribution in [1.29, 1.82) is 0 Å². The number of carboxylic acid groups (broad SMARTS) is 1. The Bertz CT molecular complexity index is 687. The second-order valence-corrected chi connectivity index (χ2v) is 5.62. The second-order valence-electron chi connectivity index (χ2n) is 4.87. The Hall–Kier alpha value is -2.35. The first-order valence-corrected chi connectivity index (χ1v) is 7.63. The number of aryl methyl sites for hydroxylation is 1. The van der Waals surface area contributed by atoms with Gasteiger partial charge in [-0.15, -0.1) is 0 Å². The Morgan fingerprint density at radius 2 is 2.09 bits per heavy atom. The summed E-state index contributed by atoms with van der Waals surface area (Å²) in [5, 5.41) is 15.6. The predicted octanol–water partition coefficient (Wildman–Crippen LogP) is 2.62. The first-order valence-electron chi connectivity index (χ1n) is 6.83. The van der Waals surface area contributed by atoms with Crippen molar-refractivity contribution in [2.45, 2.75) is 19.1 Å². The van der Waals surface area contributed by atoms with Gasteiger partial charge in [-0.1, -0.05) is 30.3 Å². The molecule has 1 atom stereocenters. The molecule has 0 spiro atoms. The first-order chi connectivity index (χ1) is 11.0. The summed E-state index contributed by atoms with van der Waals surface area (Å²) in [5.74, 6) is -1.03. The highest BCUT2D eigenvalue weighted by Crippen LogP contribution is 2.25. The van der Waals surface area contributed by atoms with E-state index >= 15 is 0 Å². The van der Waals surface area contributed by atoms with E-state index in [9.17, 15) is 9.59 Å². The number of hydrogen-bond donors (Lipinski definition) is 2. The zero-order valence-electron chi connectivity index (χ0n) is 12.4. The van der Waals surface area contributed by atoms with Gasteiger partial charge in [-0.25, -0.2) is 4.79 Å². The summed E-state index contributed by atoms with van der Waals surface area (Å²) in [5.41, 5.74) is 1.42. The molecule has 122 valence electrons. The van der Waals surface area contributed by atoms with Gasteiger partial charge in [0.05, 0.1) is 18.7 Å². The molecule has 0 fully saturated rings. The van der Waals surface area contributed by atoms with Crippen LogP contribution < -0.4 is 5.32 Å². The van der Waals surface area contributed by atoms with Crippen LogP contribution in [0.2, 0.25) is 0 Å². The number of aromatic nitrogens is 2. The molecule has 0 saturated carbocycles. The number of alkyl carbamates (subject to hydrolysis) is 1. The average molecular weight is 382 g/mol. The predicted molar refractivity (Wildman–Crippen MR) is 85.7 cm³/mol. The van der Waals surface area contributed by atoms with Crippen LogP contribution in [-0.2, 0) is 23.2 Å². The van der Waals surface area contributed by atoms with Crippen molar-refractivity contribution in [3.8, 4) is 0 Å². The van der Waals surface area contributed by atoms with Crippen molar-refractivity contribution in [2.24, 2.45) is 7.05 Å². The number of hydrogen-bond acceptors (Lipinski definition) is 4. The number of carbonyl (C=O) groups excluding carboxylic acids is 1. The fourth-order valence-electron chi connectivity index (χ4n) is 1.99. The molecular formula is C15H16BrN3O4. The molecule has 2 N–H and O–H groups in total. The molecule has 1 amide bonds. The lowest BCUT2D eigenvalue weighted by Crippen LogP contribution is -2.30. The van der Waals surface area contributed by atoms with E-state index in [-0.39, 0.29) is 13.0 Å². The number of ether oxygens (including phenoxy) is 1. The summed E-state index contributed by atoms with van der Waals surface area (Å²) in [6.07, 6.45) is 0.552. The lowest BCUT2D eigenvalue weighted by Gasteiger charge is -2.16. The van der Waals surface area contributed by atoms with Gasteiger partial charge in [-0.05, 0) is 21.5 Å². The second kappa shape index (κ2) is 7.77. The molecule has 0 aliphatic carbocycles. The molecule has 0 unspecified atom stereocenters. The van der Waals surface area contributed by atoms with Crippen LogP contribution in [-0.4, -0.2) is 26.9 Å². The van der Waals surface area contributed by atoms with Crippen molar-refractivity contribution in [2.75, 3.05) is 0 Å². The van der Waals surface area contributed by atoms with Crippen LogP contribution >= 0.6 is 15.9 Å². The Balaban J connectivity index is 2.01. The molecule has 23 heavy (non-hydrogen) atoms. The minimum atomic E-state index is -1.03. The van der Waals surface area contributed by atoms with Crippen molar-refractivity contribution in [1.82, 2.24) is 15.1 Å². The highest BCUT2D eigenvalue weighted by atomic mass is 79.9. The SMILES string of the molecule is Cn1ncc([C@H](CC(=O)O)NC(=O)OCc2ccccc2)c1Br. The van der Waals surface area contributed by atoms with Crippen LogP contribution in [0.4, 0.5) is 4.79 Å². The van der Waals surface area contributed by atoms with Crippen molar-refractivity contribution < 1.29 is 19.4 Å². The van der Waals surface area contributed by atoms with Gasteiger partial charge < -0.3 is 15.2 Å². The van der Waals surface area contributed by atoms with E-state index in [2.05, 4.69) is 26.3 Å². The smallest absolute Gasteiger partial charge is 0.407 e. The zero-order chi connectivity index (χ0) is 16.8.